The Kier molecular flexibility index (Phi) is 4.91. The number of morpholine rings is 1. The number of amides is 1. The molecular weight excluding hydrogens is 306 g/mol. The van der Waals surface area contributed by atoms with Crippen LogP contribution in [0.3, 0.4) is 0 Å². The number of rotatable bonds is 4. The molecule has 2 aromatic carbocycles. The molecule has 24 heavy (non-hydrogen) atoms. The van der Waals surface area contributed by atoms with E-state index in [1.807, 2.05) is 30.3 Å². The van der Waals surface area contributed by atoms with Crippen LogP contribution in [-0.2, 0) is 16.0 Å². The summed E-state index contributed by atoms with van der Waals surface area (Å²) in [6, 6.07) is 16.4. The van der Waals surface area contributed by atoms with E-state index in [0.717, 1.165) is 5.56 Å². The van der Waals surface area contributed by atoms with Gasteiger partial charge in [-0.25, -0.2) is 4.79 Å². The zero-order valence-electron chi connectivity index (χ0n) is 13.2. The number of hydrogen-bond acceptors (Lipinski definition) is 3. The van der Waals surface area contributed by atoms with Gasteiger partial charge in [0.05, 0.1) is 25.1 Å². The molecule has 2 aromatic rings. The molecule has 0 spiro atoms. The SMILES string of the molecule is O=C(O)c1ccccc1CC(=O)N1CCOC(c2ccccc2)C1. The van der Waals surface area contributed by atoms with E-state index < -0.39 is 5.97 Å². The fraction of sp³-hybridized carbons (Fsp3) is 0.263. The Morgan fingerprint density at radius 1 is 1.08 bits per heavy atom. The summed E-state index contributed by atoms with van der Waals surface area (Å²) >= 11 is 0. The van der Waals surface area contributed by atoms with Gasteiger partial charge in [-0.3, -0.25) is 4.79 Å². The number of carboxylic acid groups (broad SMARTS) is 1. The summed E-state index contributed by atoms with van der Waals surface area (Å²) in [6.45, 7) is 1.49. The molecule has 5 heteroatoms. The number of nitrogens with zero attached hydrogens (tertiary/aromatic N) is 1. The molecule has 1 saturated heterocycles. The van der Waals surface area contributed by atoms with Crippen molar-refractivity contribution in [1.82, 2.24) is 4.90 Å². The van der Waals surface area contributed by atoms with Crippen molar-refractivity contribution in [1.29, 1.82) is 0 Å². The average molecular weight is 325 g/mol. The number of ether oxygens (including phenoxy) is 1. The first-order valence-corrected chi connectivity index (χ1v) is 7.90. The van der Waals surface area contributed by atoms with Crippen LogP contribution in [-0.4, -0.2) is 41.6 Å². The number of hydrogen-bond donors (Lipinski definition) is 1. The normalized spacial score (nSPS) is 17.5. The van der Waals surface area contributed by atoms with Crippen molar-refractivity contribution < 1.29 is 19.4 Å². The van der Waals surface area contributed by atoms with E-state index in [9.17, 15) is 14.7 Å². The van der Waals surface area contributed by atoms with E-state index in [2.05, 4.69) is 0 Å². The molecule has 0 aliphatic carbocycles. The van der Waals surface area contributed by atoms with Crippen molar-refractivity contribution in [2.45, 2.75) is 12.5 Å². The Bertz CT molecular complexity index is 729. The standard InChI is InChI=1S/C19H19NO4/c21-18(12-15-8-4-5-9-16(15)19(22)23)20-10-11-24-17(13-20)14-6-2-1-3-7-14/h1-9,17H,10-13H2,(H,22,23). The highest BCUT2D eigenvalue weighted by Crippen LogP contribution is 2.22. The first-order chi connectivity index (χ1) is 11.6. The van der Waals surface area contributed by atoms with Gasteiger partial charge in [-0.1, -0.05) is 48.5 Å². The molecule has 1 amide bonds. The number of benzene rings is 2. The summed E-state index contributed by atoms with van der Waals surface area (Å²) in [5, 5.41) is 9.23. The van der Waals surface area contributed by atoms with E-state index in [1.165, 1.54) is 6.07 Å². The van der Waals surface area contributed by atoms with Gasteiger partial charge < -0.3 is 14.7 Å². The number of carbonyl (C=O) groups is 2. The molecule has 1 N–H and O–H groups in total. The highest BCUT2D eigenvalue weighted by atomic mass is 16.5. The summed E-state index contributed by atoms with van der Waals surface area (Å²) in [7, 11) is 0. The summed E-state index contributed by atoms with van der Waals surface area (Å²) in [5.74, 6) is -1.09. The molecular formula is C19H19NO4. The molecule has 0 bridgehead atoms. The maximum Gasteiger partial charge on any atom is 0.335 e. The second kappa shape index (κ2) is 7.27. The third-order valence-electron chi connectivity index (χ3n) is 4.18. The Morgan fingerprint density at radius 3 is 2.54 bits per heavy atom. The van der Waals surface area contributed by atoms with Crippen LogP contribution >= 0.6 is 0 Å². The first kappa shape index (κ1) is 16.2. The molecule has 1 atom stereocenters. The summed E-state index contributed by atoms with van der Waals surface area (Å²) < 4.78 is 5.77. The number of carboxylic acids is 1. The molecule has 0 aromatic heterocycles. The van der Waals surface area contributed by atoms with Gasteiger partial charge in [-0.05, 0) is 17.2 Å². The van der Waals surface area contributed by atoms with E-state index in [0.29, 0.717) is 25.3 Å². The zero-order chi connectivity index (χ0) is 16.9. The lowest BCUT2D eigenvalue weighted by Crippen LogP contribution is -2.43. The average Bonchev–Trinajstić information content (AvgIpc) is 2.63. The Hall–Kier alpha value is -2.66. The summed E-state index contributed by atoms with van der Waals surface area (Å²) in [5.41, 5.74) is 1.76. The van der Waals surface area contributed by atoms with E-state index in [1.54, 1.807) is 23.1 Å². The minimum Gasteiger partial charge on any atom is -0.478 e. The van der Waals surface area contributed by atoms with Crippen molar-refractivity contribution in [3.05, 3.63) is 71.3 Å². The van der Waals surface area contributed by atoms with Crippen LogP contribution in [0.4, 0.5) is 0 Å². The molecule has 124 valence electrons. The van der Waals surface area contributed by atoms with E-state index in [-0.39, 0.29) is 24.0 Å². The maximum atomic E-state index is 12.6. The third-order valence-corrected chi connectivity index (χ3v) is 4.18. The highest BCUT2D eigenvalue weighted by molar-refractivity contribution is 5.91. The predicted octanol–water partition coefficient (Wildman–Crippen LogP) is 2.53. The Morgan fingerprint density at radius 2 is 1.79 bits per heavy atom. The number of carbonyl (C=O) groups excluding carboxylic acids is 1. The summed E-state index contributed by atoms with van der Waals surface area (Å²) in [4.78, 5) is 25.6. The van der Waals surface area contributed by atoms with Gasteiger partial charge in [-0.15, -0.1) is 0 Å². The summed E-state index contributed by atoms with van der Waals surface area (Å²) in [6.07, 6.45) is -0.0529. The van der Waals surface area contributed by atoms with Gasteiger partial charge in [0.15, 0.2) is 0 Å². The molecule has 0 radical (unpaired) electrons. The van der Waals surface area contributed by atoms with Gasteiger partial charge in [0.25, 0.3) is 0 Å². The third kappa shape index (κ3) is 3.63. The molecule has 0 saturated carbocycles. The lowest BCUT2D eigenvalue weighted by Gasteiger charge is -2.33. The molecule has 1 heterocycles. The maximum absolute atomic E-state index is 12.6. The topological polar surface area (TPSA) is 66.8 Å². The fourth-order valence-electron chi connectivity index (χ4n) is 2.90. The Balaban J connectivity index is 1.70. The lowest BCUT2D eigenvalue weighted by molar-refractivity contribution is -0.138. The quantitative estimate of drug-likeness (QED) is 0.938. The minimum absolute atomic E-state index is 0.0760. The van der Waals surface area contributed by atoms with E-state index in [4.69, 9.17) is 4.74 Å². The van der Waals surface area contributed by atoms with Crippen LogP contribution in [0.1, 0.15) is 27.6 Å². The van der Waals surface area contributed by atoms with Crippen LogP contribution in [0.25, 0.3) is 0 Å². The van der Waals surface area contributed by atoms with Crippen molar-refractivity contribution >= 4 is 11.9 Å². The molecule has 3 rings (SSSR count). The van der Waals surface area contributed by atoms with Gasteiger partial charge >= 0.3 is 5.97 Å². The van der Waals surface area contributed by atoms with Gasteiger partial charge in [0.1, 0.15) is 6.10 Å². The van der Waals surface area contributed by atoms with Crippen LogP contribution in [0, 0.1) is 0 Å². The second-order valence-electron chi connectivity index (χ2n) is 5.75. The van der Waals surface area contributed by atoms with Gasteiger partial charge in [0.2, 0.25) is 5.91 Å². The Labute approximate surface area is 140 Å². The van der Waals surface area contributed by atoms with Crippen LogP contribution < -0.4 is 0 Å². The monoisotopic (exact) mass is 325 g/mol. The molecule has 1 aliphatic heterocycles. The van der Waals surface area contributed by atoms with Crippen LogP contribution in [0.2, 0.25) is 0 Å². The van der Waals surface area contributed by atoms with Crippen molar-refractivity contribution in [3.63, 3.8) is 0 Å². The predicted molar refractivity (Wildman–Crippen MR) is 88.8 cm³/mol. The van der Waals surface area contributed by atoms with Crippen LogP contribution in [0.5, 0.6) is 0 Å². The molecule has 1 unspecified atom stereocenters. The zero-order valence-corrected chi connectivity index (χ0v) is 13.2. The molecule has 5 nitrogen and oxygen atoms in total. The van der Waals surface area contributed by atoms with Crippen LogP contribution in [0.15, 0.2) is 54.6 Å². The lowest BCUT2D eigenvalue weighted by atomic mass is 10.0. The van der Waals surface area contributed by atoms with Crippen molar-refractivity contribution in [2.24, 2.45) is 0 Å². The largest absolute Gasteiger partial charge is 0.478 e. The molecule has 1 aliphatic rings. The van der Waals surface area contributed by atoms with E-state index >= 15 is 0 Å². The smallest absolute Gasteiger partial charge is 0.335 e. The number of aromatic carboxylic acids is 1. The minimum atomic E-state index is -1.01. The van der Waals surface area contributed by atoms with Gasteiger partial charge in [0, 0.05) is 6.54 Å². The molecule has 1 fully saturated rings. The van der Waals surface area contributed by atoms with Crippen molar-refractivity contribution in [3.8, 4) is 0 Å². The fourth-order valence-corrected chi connectivity index (χ4v) is 2.90. The second-order valence-corrected chi connectivity index (χ2v) is 5.75. The highest BCUT2D eigenvalue weighted by Gasteiger charge is 2.26. The first-order valence-electron chi connectivity index (χ1n) is 7.90. The van der Waals surface area contributed by atoms with Gasteiger partial charge in [-0.2, -0.15) is 0 Å². The van der Waals surface area contributed by atoms with Crippen molar-refractivity contribution in [2.75, 3.05) is 19.7 Å².